The maximum absolute atomic E-state index is 13.2. The average molecular weight is 625 g/mol. The van der Waals surface area contributed by atoms with E-state index in [4.69, 9.17) is 9.47 Å². The molecule has 0 saturated carbocycles. The van der Waals surface area contributed by atoms with Gasteiger partial charge in [0.2, 0.25) is 11.8 Å². The summed E-state index contributed by atoms with van der Waals surface area (Å²) in [6.07, 6.45) is 2.71. The lowest BCUT2D eigenvalue weighted by Gasteiger charge is -2.34. The molecule has 244 valence electrons. The SMILES string of the molecule is CCCCOC(=O)N1CCN(C(=O)CNC(=O)c2cc(OCC(=O)N3CCCC3C(=O)N(C)CC)c3ccc(C)cc3n2)CC1. The number of benzene rings is 1. The number of carbonyl (C=O) groups excluding carboxylic acids is 5. The van der Waals surface area contributed by atoms with Crippen LogP contribution in [0.15, 0.2) is 24.3 Å². The van der Waals surface area contributed by atoms with Crippen LogP contribution in [-0.4, -0.2) is 126 Å². The van der Waals surface area contributed by atoms with Gasteiger partial charge in [-0.25, -0.2) is 9.78 Å². The first kappa shape index (κ1) is 33.5. The Morgan fingerprint density at radius 2 is 1.73 bits per heavy atom. The number of ether oxygens (including phenoxy) is 2. The molecule has 2 fully saturated rings. The molecular formula is C32H44N6O7. The predicted octanol–water partition coefficient (Wildman–Crippen LogP) is 2.20. The van der Waals surface area contributed by atoms with E-state index in [1.165, 1.54) is 6.07 Å². The highest BCUT2D eigenvalue weighted by Crippen LogP contribution is 2.27. The van der Waals surface area contributed by atoms with Crippen molar-refractivity contribution in [2.24, 2.45) is 0 Å². The number of likely N-dealkylation sites (N-methyl/N-ethyl adjacent to an activating group) is 1. The number of hydrogen-bond donors (Lipinski definition) is 1. The van der Waals surface area contributed by atoms with Crippen molar-refractivity contribution in [3.8, 4) is 5.75 Å². The summed E-state index contributed by atoms with van der Waals surface area (Å²) in [4.78, 5) is 75.0. The highest BCUT2D eigenvalue weighted by atomic mass is 16.6. The van der Waals surface area contributed by atoms with Gasteiger partial charge >= 0.3 is 6.09 Å². The van der Waals surface area contributed by atoms with Crippen LogP contribution in [0.1, 0.15) is 55.6 Å². The number of likely N-dealkylation sites (tertiary alicyclic amines) is 1. The Labute approximate surface area is 263 Å². The van der Waals surface area contributed by atoms with Gasteiger partial charge < -0.3 is 34.4 Å². The third-order valence-corrected chi connectivity index (χ3v) is 8.23. The van der Waals surface area contributed by atoms with Gasteiger partial charge in [0, 0.05) is 57.8 Å². The molecule has 2 aromatic rings. The van der Waals surface area contributed by atoms with Crippen molar-refractivity contribution in [3.63, 3.8) is 0 Å². The van der Waals surface area contributed by atoms with E-state index in [9.17, 15) is 24.0 Å². The minimum absolute atomic E-state index is 0.0433. The van der Waals surface area contributed by atoms with Crippen molar-refractivity contribution < 1.29 is 33.4 Å². The van der Waals surface area contributed by atoms with Crippen LogP contribution in [0.2, 0.25) is 0 Å². The van der Waals surface area contributed by atoms with Crippen LogP contribution in [0, 0.1) is 6.92 Å². The third kappa shape index (κ3) is 8.40. The Morgan fingerprint density at radius 1 is 1.00 bits per heavy atom. The molecule has 1 N–H and O–H groups in total. The molecule has 0 bridgehead atoms. The number of aryl methyl sites for hydroxylation is 1. The molecule has 0 aliphatic carbocycles. The average Bonchev–Trinajstić information content (AvgIpc) is 3.55. The lowest BCUT2D eigenvalue weighted by Crippen LogP contribution is -2.52. The molecule has 45 heavy (non-hydrogen) atoms. The highest BCUT2D eigenvalue weighted by Gasteiger charge is 2.35. The van der Waals surface area contributed by atoms with Crippen LogP contribution in [0.3, 0.4) is 0 Å². The molecule has 13 heteroatoms. The van der Waals surface area contributed by atoms with E-state index in [1.54, 1.807) is 26.6 Å². The molecule has 5 amide bonds. The Kier molecular flexibility index (Phi) is 11.6. The lowest BCUT2D eigenvalue weighted by atomic mass is 10.1. The molecule has 3 heterocycles. The Morgan fingerprint density at radius 3 is 2.44 bits per heavy atom. The zero-order chi connectivity index (χ0) is 32.5. The van der Waals surface area contributed by atoms with Crippen molar-refractivity contribution in [2.75, 3.05) is 66.1 Å². The third-order valence-electron chi connectivity index (χ3n) is 8.23. The van der Waals surface area contributed by atoms with E-state index in [0.717, 1.165) is 24.8 Å². The van der Waals surface area contributed by atoms with Crippen molar-refractivity contribution in [1.29, 1.82) is 0 Å². The first-order valence-corrected chi connectivity index (χ1v) is 15.7. The molecule has 1 aromatic carbocycles. The predicted molar refractivity (Wildman–Crippen MR) is 167 cm³/mol. The number of fused-ring (bicyclic) bond motifs is 1. The first-order valence-electron chi connectivity index (χ1n) is 15.7. The van der Waals surface area contributed by atoms with Crippen molar-refractivity contribution in [1.82, 2.24) is 29.9 Å². The molecule has 1 unspecified atom stereocenters. The van der Waals surface area contributed by atoms with Gasteiger partial charge in [-0.2, -0.15) is 0 Å². The summed E-state index contributed by atoms with van der Waals surface area (Å²) in [5, 5.41) is 3.28. The number of amides is 5. The number of carbonyl (C=O) groups is 5. The number of nitrogens with one attached hydrogen (secondary N) is 1. The van der Waals surface area contributed by atoms with Gasteiger partial charge in [-0.1, -0.05) is 19.4 Å². The molecule has 4 rings (SSSR count). The van der Waals surface area contributed by atoms with Crippen LogP contribution in [-0.2, 0) is 19.1 Å². The molecule has 1 aromatic heterocycles. The van der Waals surface area contributed by atoms with Crippen LogP contribution >= 0.6 is 0 Å². The first-order chi connectivity index (χ1) is 21.6. The monoisotopic (exact) mass is 624 g/mol. The Hall–Kier alpha value is -4.42. The van der Waals surface area contributed by atoms with E-state index < -0.39 is 11.9 Å². The number of hydrogen-bond acceptors (Lipinski definition) is 8. The summed E-state index contributed by atoms with van der Waals surface area (Å²) < 4.78 is 11.2. The standard InChI is InChI=1S/C32H44N6O7/c1-5-7-17-44-32(43)37-15-13-36(14-16-37)28(39)20-33-30(41)25-19-27(23-11-10-22(3)18-24(23)34-25)45-21-29(40)38-12-8-9-26(38)31(42)35(4)6-2/h10-11,18-19,26H,5-9,12-17,20-21H2,1-4H3,(H,33,41). The second-order valence-electron chi connectivity index (χ2n) is 11.4. The highest BCUT2D eigenvalue weighted by molar-refractivity contribution is 5.99. The van der Waals surface area contributed by atoms with E-state index >= 15 is 0 Å². The summed E-state index contributed by atoms with van der Waals surface area (Å²) in [7, 11) is 1.72. The fourth-order valence-electron chi connectivity index (χ4n) is 5.39. The van der Waals surface area contributed by atoms with Crippen molar-refractivity contribution in [3.05, 3.63) is 35.5 Å². The van der Waals surface area contributed by atoms with Crippen LogP contribution in [0.4, 0.5) is 4.79 Å². The maximum Gasteiger partial charge on any atom is 0.409 e. The van der Waals surface area contributed by atoms with E-state index in [-0.39, 0.29) is 42.7 Å². The summed E-state index contributed by atoms with van der Waals surface area (Å²) >= 11 is 0. The fourth-order valence-corrected chi connectivity index (χ4v) is 5.39. The minimum Gasteiger partial charge on any atom is -0.483 e. The topological polar surface area (TPSA) is 142 Å². The largest absolute Gasteiger partial charge is 0.483 e. The molecule has 2 aliphatic heterocycles. The molecule has 2 saturated heterocycles. The summed E-state index contributed by atoms with van der Waals surface area (Å²) in [5.41, 5.74) is 1.48. The second-order valence-corrected chi connectivity index (χ2v) is 11.4. The summed E-state index contributed by atoms with van der Waals surface area (Å²) in [5.74, 6) is -0.926. The number of rotatable bonds is 11. The Balaban J connectivity index is 1.37. The zero-order valence-electron chi connectivity index (χ0n) is 26.7. The van der Waals surface area contributed by atoms with Gasteiger partial charge in [0.25, 0.3) is 11.8 Å². The summed E-state index contributed by atoms with van der Waals surface area (Å²) in [6, 6.07) is 6.47. The number of piperazine rings is 1. The van der Waals surface area contributed by atoms with Gasteiger partial charge in [0.1, 0.15) is 17.5 Å². The minimum atomic E-state index is -0.561. The smallest absolute Gasteiger partial charge is 0.409 e. The quantitative estimate of drug-likeness (QED) is 0.375. The van der Waals surface area contributed by atoms with E-state index in [0.29, 0.717) is 68.9 Å². The molecular weight excluding hydrogens is 580 g/mol. The van der Waals surface area contributed by atoms with Crippen LogP contribution < -0.4 is 10.1 Å². The molecule has 0 spiro atoms. The molecule has 0 radical (unpaired) electrons. The lowest BCUT2D eigenvalue weighted by molar-refractivity contribution is -0.144. The van der Waals surface area contributed by atoms with Crippen molar-refractivity contribution in [2.45, 2.75) is 52.5 Å². The van der Waals surface area contributed by atoms with Gasteiger partial charge in [-0.3, -0.25) is 19.2 Å². The van der Waals surface area contributed by atoms with Gasteiger partial charge in [0.15, 0.2) is 6.61 Å². The number of pyridine rings is 1. The molecule has 1 atom stereocenters. The molecule has 2 aliphatic rings. The number of aromatic nitrogens is 1. The summed E-state index contributed by atoms with van der Waals surface area (Å²) in [6.45, 7) is 8.08. The Bertz CT molecular complexity index is 1410. The maximum atomic E-state index is 13.2. The van der Waals surface area contributed by atoms with Crippen molar-refractivity contribution >= 4 is 40.6 Å². The van der Waals surface area contributed by atoms with Crippen LogP contribution in [0.25, 0.3) is 10.9 Å². The van der Waals surface area contributed by atoms with E-state index in [1.807, 2.05) is 39.0 Å². The normalized spacial score (nSPS) is 16.4. The fraction of sp³-hybridized carbons (Fsp3) is 0.562. The molecule has 13 nitrogen and oxygen atoms in total. The number of unbranched alkanes of at least 4 members (excludes halogenated alkanes) is 1. The zero-order valence-corrected chi connectivity index (χ0v) is 26.7. The van der Waals surface area contributed by atoms with Gasteiger partial charge in [0.05, 0.1) is 18.7 Å². The number of nitrogens with zero attached hydrogens (tertiary/aromatic N) is 5. The van der Waals surface area contributed by atoms with Gasteiger partial charge in [-0.05, 0) is 50.8 Å². The van der Waals surface area contributed by atoms with Crippen LogP contribution in [0.5, 0.6) is 5.75 Å². The second kappa shape index (κ2) is 15.5. The van der Waals surface area contributed by atoms with Gasteiger partial charge in [-0.15, -0.1) is 0 Å². The van der Waals surface area contributed by atoms with E-state index in [2.05, 4.69) is 10.3 Å².